The van der Waals surface area contributed by atoms with Gasteiger partial charge in [0.25, 0.3) is 0 Å². The SMILES string of the molecule is C=CCOC(=O)O[C@H]1[C@@H](OC)O[C@@H]2COC(c3ccccc3)O[C@H]2[C@@H]1O. The van der Waals surface area contributed by atoms with E-state index in [0.29, 0.717) is 0 Å². The van der Waals surface area contributed by atoms with Crippen molar-refractivity contribution in [1.82, 2.24) is 0 Å². The van der Waals surface area contributed by atoms with Crippen LogP contribution in [0.15, 0.2) is 43.0 Å². The summed E-state index contributed by atoms with van der Waals surface area (Å²) in [7, 11) is 1.39. The summed E-state index contributed by atoms with van der Waals surface area (Å²) in [5.74, 6) is 0. The molecule has 0 aliphatic carbocycles. The lowest BCUT2D eigenvalue weighted by Gasteiger charge is -2.46. The lowest BCUT2D eigenvalue weighted by molar-refractivity contribution is -0.358. The highest BCUT2D eigenvalue weighted by Crippen LogP contribution is 2.35. The summed E-state index contributed by atoms with van der Waals surface area (Å²) in [4.78, 5) is 11.7. The van der Waals surface area contributed by atoms with Crippen LogP contribution < -0.4 is 0 Å². The predicted octanol–water partition coefficient (Wildman–Crippen LogP) is 1.54. The van der Waals surface area contributed by atoms with E-state index in [1.54, 1.807) is 0 Å². The lowest BCUT2D eigenvalue weighted by Crippen LogP contribution is -2.63. The smallest absolute Gasteiger partial charge is 0.430 e. The molecular weight excluding hydrogens is 344 g/mol. The first-order chi connectivity index (χ1) is 12.6. The van der Waals surface area contributed by atoms with E-state index >= 15 is 0 Å². The van der Waals surface area contributed by atoms with E-state index < -0.39 is 43.2 Å². The Morgan fingerprint density at radius 2 is 2.12 bits per heavy atom. The number of aliphatic hydroxyl groups is 1. The van der Waals surface area contributed by atoms with Gasteiger partial charge in [0.15, 0.2) is 18.7 Å². The van der Waals surface area contributed by atoms with E-state index in [1.807, 2.05) is 30.3 Å². The predicted molar refractivity (Wildman–Crippen MR) is 88.1 cm³/mol. The zero-order valence-corrected chi connectivity index (χ0v) is 14.4. The van der Waals surface area contributed by atoms with Gasteiger partial charge in [0.2, 0.25) is 0 Å². The number of fused-ring (bicyclic) bond motifs is 1. The van der Waals surface area contributed by atoms with Gasteiger partial charge in [0.1, 0.15) is 24.9 Å². The molecule has 3 rings (SSSR count). The molecular formula is C18H22O8. The topological polar surface area (TPSA) is 92.7 Å². The van der Waals surface area contributed by atoms with E-state index in [4.69, 9.17) is 28.4 Å². The van der Waals surface area contributed by atoms with Crippen LogP contribution in [-0.2, 0) is 28.4 Å². The average Bonchev–Trinajstić information content (AvgIpc) is 2.68. The monoisotopic (exact) mass is 366 g/mol. The highest BCUT2D eigenvalue weighted by Gasteiger charge is 2.51. The first-order valence-corrected chi connectivity index (χ1v) is 8.26. The van der Waals surface area contributed by atoms with Crippen molar-refractivity contribution in [2.45, 2.75) is 37.0 Å². The molecule has 1 N–H and O–H groups in total. The fraction of sp³-hybridized carbons (Fsp3) is 0.500. The molecule has 0 spiro atoms. The minimum atomic E-state index is -1.18. The number of methoxy groups -OCH3 is 1. The summed E-state index contributed by atoms with van der Waals surface area (Å²) in [5.41, 5.74) is 0.815. The maximum absolute atomic E-state index is 11.7. The standard InChI is InChI=1S/C18H22O8/c1-3-9-22-18(20)26-15-13(19)14-12(24-17(15)21-2)10-23-16(25-14)11-7-5-4-6-8-11/h3-8,12-17,19H,1,9-10H2,2H3/t12-,13+,14-,15-,16?,17+/m1/s1. The van der Waals surface area contributed by atoms with E-state index in [-0.39, 0.29) is 13.2 Å². The van der Waals surface area contributed by atoms with Crippen LogP contribution in [0.1, 0.15) is 11.9 Å². The lowest BCUT2D eigenvalue weighted by atomic mass is 9.97. The fourth-order valence-corrected chi connectivity index (χ4v) is 2.93. The number of carbonyl (C=O) groups is 1. The molecule has 0 amide bonds. The molecule has 0 bridgehead atoms. The molecule has 2 aliphatic rings. The Morgan fingerprint density at radius 3 is 2.81 bits per heavy atom. The molecule has 8 nitrogen and oxygen atoms in total. The van der Waals surface area contributed by atoms with Crippen molar-refractivity contribution in [3.8, 4) is 0 Å². The number of rotatable bonds is 5. The van der Waals surface area contributed by atoms with Crippen molar-refractivity contribution in [1.29, 1.82) is 0 Å². The van der Waals surface area contributed by atoms with Gasteiger partial charge < -0.3 is 33.5 Å². The van der Waals surface area contributed by atoms with Gasteiger partial charge in [-0.05, 0) is 0 Å². The largest absolute Gasteiger partial charge is 0.509 e. The van der Waals surface area contributed by atoms with Crippen LogP contribution in [-0.4, -0.2) is 62.3 Å². The van der Waals surface area contributed by atoms with Gasteiger partial charge >= 0.3 is 6.16 Å². The Labute approximate surface area is 151 Å². The highest BCUT2D eigenvalue weighted by atomic mass is 16.8. The second-order valence-corrected chi connectivity index (χ2v) is 5.88. The van der Waals surface area contributed by atoms with E-state index in [2.05, 4.69) is 6.58 Å². The van der Waals surface area contributed by atoms with Gasteiger partial charge in [-0.25, -0.2) is 4.79 Å². The van der Waals surface area contributed by atoms with Gasteiger partial charge in [-0.2, -0.15) is 0 Å². The van der Waals surface area contributed by atoms with Crippen LogP contribution in [0.2, 0.25) is 0 Å². The molecule has 1 aromatic carbocycles. The van der Waals surface area contributed by atoms with Crippen LogP contribution >= 0.6 is 0 Å². The Balaban J connectivity index is 1.70. The van der Waals surface area contributed by atoms with Gasteiger partial charge in [-0.15, -0.1) is 0 Å². The maximum atomic E-state index is 11.7. The Morgan fingerprint density at radius 1 is 1.35 bits per heavy atom. The van der Waals surface area contributed by atoms with Crippen molar-refractivity contribution in [3.63, 3.8) is 0 Å². The molecule has 1 unspecified atom stereocenters. The van der Waals surface area contributed by atoms with Gasteiger partial charge in [0.05, 0.1) is 6.61 Å². The minimum Gasteiger partial charge on any atom is -0.430 e. The fourth-order valence-electron chi connectivity index (χ4n) is 2.93. The van der Waals surface area contributed by atoms with Crippen LogP contribution in [0, 0.1) is 0 Å². The third-order valence-electron chi connectivity index (χ3n) is 4.16. The summed E-state index contributed by atoms with van der Waals surface area (Å²) < 4.78 is 32.4. The third kappa shape index (κ3) is 4.05. The Hall–Kier alpha value is -1.97. The minimum absolute atomic E-state index is 0.00731. The third-order valence-corrected chi connectivity index (χ3v) is 4.16. The molecule has 2 aliphatic heterocycles. The molecule has 0 aromatic heterocycles. The van der Waals surface area contributed by atoms with Crippen molar-refractivity contribution < 1.29 is 38.3 Å². The first kappa shape index (κ1) is 18.8. The van der Waals surface area contributed by atoms with Gasteiger partial charge in [0, 0.05) is 12.7 Å². The van der Waals surface area contributed by atoms with Crippen LogP contribution in [0.5, 0.6) is 0 Å². The zero-order chi connectivity index (χ0) is 18.5. The van der Waals surface area contributed by atoms with E-state index in [1.165, 1.54) is 13.2 Å². The molecule has 26 heavy (non-hydrogen) atoms. The normalized spacial score (nSPS) is 33.8. The second kappa shape index (κ2) is 8.61. The van der Waals surface area contributed by atoms with Crippen molar-refractivity contribution in [2.75, 3.05) is 20.3 Å². The molecule has 142 valence electrons. The Bertz CT molecular complexity index is 606. The van der Waals surface area contributed by atoms with Crippen LogP contribution in [0.3, 0.4) is 0 Å². The summed E-state index contributed by atoms with van der Waals surface area (Å²) in [5, 5.41) is 10.7. The quantitative estimate of drug-likeness (QED) is 0.620. The molecule has 2 saturated heterocycles. The summed E-state index contributed by atoms with van der Waals surface area (Å²) in [6.07, 6.45) is -4.75. The van der Waals surface area contributed by atoms with E-state index in [0.717, 1.165) is 5.56 Å². The van der Waals surface area contributed by atoms with Crippen LogP contribution in [0.25, 0.3) is 0 Å². The maximum Gasteiger partial charge on any atom is 0.509 e. The number of carbonyl (C=O) groups excluding carboxylic acids is 1. The van der Waals surface area contributed by atoms with Gasteiger partial charge in [-0.1, -0.05) is 43.0 Å². The van der Waals surface area contributed by atoms with Gasteiger partial charge in [-0.3, -0.25) is 0 Å². The molecule has 8 heteroatoms. The first-order valence-electron chi connectivity index (χ1n) is 8.26. The summed E-state index contributed by atoms with van der Waals surface area (Å²) in [6, 6.07) is 9.34. The van der Waals surface area contributed by atoms with Crippen LogP contribution in [0.4, 0.5) is 4.79 Å². The second-order valence-electron chi connectivity index (χ2n) is 5.88. The van der Waals surface area contributed by atoms with E-state index in [9.17, 15) is 9.90 Å². The van der Waals surface area contributed by atoms with Crippen molar-refractivity contribution >= 4 is 6.16 Å². The zero-order valence-electron chi connectivity index (χ0n) is 14.4. The summed E-state index contributed by atoms with van der Waals surface area (Å²) in [6.45, 7) is 3.65. The molecule has 6 atom stereocenters. The molecule has 0 saturated carbocycles. The number of ether oxygens (including phenoxy) is 6. The molecule has 2 heterocycles. The molecule has 0 radical (unpaired) electrons. The average molecular weight is 366 g/mol. The number of hydrogen-bond acceptors (Lipinski definition) is 8. The van der Waals surface area contributed by atoms with Crippen molar-refractivity contribution in [2.24, 2.45) is 0 Å². The Kier molecular flexibility index (Phi) is 6.23. The number of benzene rings is 1. The highest BCUT2D eigenvalue weighted by molar-refractivity contribution is 5.60. The molecule has 1 aromatic rings. The summed E-state index contributed by atoms with van der Waals surface area (Å²) >= 11 is 0. The number of aliphatic hydroxyl groups excluding tert-OH is 1. The van der Waals surface area contributed by atoms with Crippen molar-refractivity contribution in [3.05, 3.63) is 48.6 Å². The molecule has 2 fully saturated rings. The number of hydrogen-bond donors (Lipinski definition) is 1.